The fourth-order valence-corrected chi connectivity index (χ4v) is 3.22. The Hall–Kier alpha value is -3.09. The SMILES string of the molecule is Cc1ccc(N2CCc3ncnc(N[C@H](C)c4cnc(C)nc4)c3C2)nc1. The van der Waals surface area contributed by atoms with Crippen molar-refractivity contribution in [1.29, 1.82) is 0 Å². The zero-order valence-electron chi connectivity index (χ0n) is 15.8. The molecular weight excluding hydrogens is 338 g/mol. The summed E-state index contributed by atoms with van der Waals surface area (Å²) in [5.41, 5.74) is 4.42. The Bertz CT molecular complexity index is 922. The van der Waals surface area contributed by atoms with Crippen molar-refractivity contribution in [3.8, 4) is 0 Å². The third kappa shape index (κ3) is 3.72. The molecule has 1 aliphatic heterocycles. The maximum atomic E-state index is 4.57. The number of nitrogens with zero attached hydrogens (tertiary/aromatic N) is 6. The number of hydrogen-bond donors (Lipinski definition) is 1. The molecular formula is C20H23N7. The second-order valence-electron chi connectivity index (χ2n) is 6.94. The van der Waals surface area contributed by atoms with E-state index < -0.39 is 0 Å². The lowest BCUT2D eigenvalue weighted by atomic mass is 10.1. The monoisotopic (exact) mass is 361 g/mol. The van der Waals surface area contributed by atoms with Crippen molar-refractivity contribution in [2.45, 2.75) is 39.8 Å². The first kappa shape index (κ1) is 17.3. The van der Waals surface area contributed by atoms with Gasteiger partial charge in [0.05, 0.1) is 11.7 Å². The molecule has 7 heteroatoms. The first-order chi connectivity index (χ1) is 13.1. The summed E-state index contributed by atoms with van der Waals surface area (Å²) in [7, 11) is 0. The van der Waals surface area contributed by atoms with E-state index in [0.29, 0.717) is 0 Å². The number of nitrogens with one attached hydrogen (secondary N) is 1. The molecule has 0 fully saturated rings. The zero-order chi connectivity index (χ0) is 18.8. The summed E-state index contributed by atoms with van der Waals surface area (Å²) in [6, 6.07) is 4.22. The van der Waals surface area contributed by atoms with E-state index in [2.05, 4.69) is 54.2 Å². The average molecular weight is 361 g/mol. The molecule has 27 heavy (non-hydrogen) atoms. The normalized spacial score (nSPS) is 14.6. The number of aryl methyl sites for hydroxylation is 2. The van der Waals surface area contributed by atoms with Gasteiger partial charge < -0.3 is 10.2 Å². The Kier molecular flexibility index (Phi) is 4.66. The number of pyridine rings is 1. The van der Waals surface area contributed by atoms with Crippen molar-refractivity contribution in [2.75, 3.05) is 16.8 Å². The van der Waals surface area contributed by atoms with Gasteiger partial charge in [0.1, 0.15) is 23.8 Å². The van der Waals surface area contributed by atoms with Crippen LogP contribution in [0.4, 0.5) is 11.6 Å². The summed E-state index contributed by atoms with van der Waals surface area (Å²) >= 11 is 0. The van der Waals surface area contributed by atoms with Crippen LogP contribution >= 0.6 is 0 Å². The smallest absolute Gasteiger partial charge is 0.135 e. The number of rotatable bonds is 4. The molecule has 0 amide bonds. The number of hydrogen-bond acceptors (Lipinski definition) is 7. The fourth-order valence-electron chi connectivity index (χ4n) is 3.22. The van der Waals surface area contributed by atoms with Crippen LogP contribution in [0.1, 0.15) is 41.2 Å². The highest BCUT2D eigenvalue weighted by atomic mass is 15.2. The highest BCUT2D eigenvalue weighted by molar-refractivity contribution is 5.53. The molecule has 0 aromatic carbocycles. The van der Waals surface area contributed by atoms with Crippen LogP contribution in [0.15, 0.2) is 37.1 Å². The van der Waals surface area contributed by atoms with Crippen molar-refractivity contribution in [3.05, 3.63) is 65.3 Å². The van der Waals surface area contributed by atoms with E-state index in [4.69, 9.17) is 0 Å². The summed E-state index contributed by atoms with van der Waals surface area (Å²) in [4.78, 5) is 24.4. The van der Waals surface area contributed by atoms with Crippen molar-refractivity contribution in [1.82, 2.24) is 24.9 Å². The third-order valence-electron chi connectivity index (χ3n) is 4.88. The minimum atomic E-state index is 0.0532. The van der Waals surface area contributed by atoms with Crippen LogP contribution in [0.3, 0.4) is 0 Å². The molecule has 0 spiro atoms. The molecule has 4 heterocycles. The maximum absolute atomic E-state index is 4.57. The van der Waals surface area contributed by atoms with Gasteiger partial charge in [-0.15, -0.1) is 0 Å². The van der Waals surface area contributed by atoms with Gasteiger partial charge in [-0.2, -0.15) is 0 Å². The highest BCUT2D eigenvalue weighted by Crippen LogP contribution is 2.28. The fraction of sp³-hybridized carbons (Fsp3) is 0.350. The number of anilines is 2. The van der Waals surface area contributed by atoms with E-state index in [-0.39, 0.29) is 6.04 Å². The Morgan fingerprint density at radius 1 is 1.00 bits per heavy atom. The van der Waals surface area contributed by atoms with Crippen LogP contribution in [0, 0.1) is 13.8 Å². The Morgan fingerprint density at radius 3 is 2.56 bits per heavy atom. The van der Waals surface area contributed by atoms with Gasteiger partial charge >= 0.3 is 0 Å². The van der Waals surface area contributed by atoms with Crippen LogP contribution in [-0.2, 0) is 13.0 Å². The van der Waals surface area contributed by atoms with Crippen molar-refractivity contribution in [2.24, 2.45) is 0 Å². The lowest BCUT2D eigenvalue weighted by molar-refractivity contribution is 0.694. The maximum Gasteiger partial charge on any atom is 0.135 e. The minimum Gasteiger partial charge on any atom is -0.363 e. The molecule has 0 saturated carbocycles. The lowest BCUT2D eigenvalue weighted by Crippen LogP contribution is -2.32. The summed E-state index contributed by atoms with van der Waals surface area (Å²) in [5, 5.41) is 3.51. The van der Waals surface area contributed by atoms with Crippen LogP contribution in [0.25, 0.3) is 0 Å². The van der Waals surface area contributed by atoms with Gasteiger partial charge in [0.15, 0.2) is 0 Å². The van der Waals surface area contributed by atoms with E-state index in [1.54, 1.807) is 6.33 Å². The molecule has 1 aliphatic rings. The molecule has 1 N–H and O–H groups in total. The van der Waals surface area contributed by atoms with E-state index in [0.717, 1.165) is 59.4 Å². The molecule has 3 aromatic heterocycles. The van der Waals surface area contributed by atoms with Crippen molar-refractivity contribution >= 4 is 11.6 Å². The topological polar surface area (TPSA) is 79.7 Å². The largest absolute Gasteiger partial charge is 0.363 e. The molecule has 0 bridgehead atoms. The molecule has 0 radical (unpaired) electrons. The second kappa shape index (κ2) is 7.26. The van der Waals surface area contributed by atoms with Gasteiger partial charge in [0, 0.05) is 49.2 Å². The van der Waals surface area contributed by atoms with E-state index in [1.165, 1.54) is 0 Å². The van der Waals surface area contributed by atoms with Crippen molar-refractivity contribution in [3.63, 3.8) is 0 Å². The Balaban J connectivity index is 1.57. The summed E-state index contributed by atoms with van der Waals surface area (Å²) in [6.45, 7) is 7.67. The highest BCUT2D eigenvalue weighted by Gasteiger charge is 2.23. The quantitative estimate of drug-likeness (QED) is 0.765. The van der Waals surface area contributed by atoms with Crippen LogP contribution in [0.2, 0.25) is 0 Å². The predicted molar refractivity (Wildman–Crippen MR) is 105 cm³/mol. The molecule has 0 aliphatic carbocycles. The van der Waals surface area contributed by atoms with Crippen LogP contribution in [-0.4, -0.2) is 31.5 Å². The molecule has 0 unspecified atom stereocenters. The zero-order valence-corrected chi connectivity index (χ0v) is 15.8. The van der Waals surface area contributed by atoms with E-state index in [1.807, 2.05) is 32.4 Å². The summed E-state index contributed by atoms with van der Waals surface area (Å²) in [5.74, 6) is 2.62. The van der Waals surface area contributed by atoms with E-state index in [9.17, 15) is 0 Å². The molecule has 4 rings (SSSR count). The van der Waals surface area contributed by atoms with Gasteiger partial charge in [-0.1, -0.05) is 6.07 Å². The molecule has 7 nitrogen and oxygen atoms in total. The van der Waals surface area contributed by atoms with Crippen LogP contribution < -0.4 is 10.2 Å². The molecule has 3 aromatic rings. The Morgan fingerprint density at radius 2 is 1.81 bits per heavy atom. The lowest BCUT2D eigenvalue weighted by Gasteiger charge is -2.30. The van der Waals surface area contributed by atoms with Gasteiger partial charge in [-0.3, -0.25) is 0 Å². The standard InChI is InChI=1S/C20H23N7/c1-13-4-5-19(23-8-13)27-7-6-18-17(11-27)20(25-12-24-18)26-14(2)16-9-21-15(3)22-10-16/h4-5,8-10,12,14H,6-7,11H2,1-3H3,(H,24,25,26)/t14-/m1/s1. The van der Waals surface area contributed by atoms with Crippen LogP contribution in [0.5, 0.6) is 0 Å². The first-order valence-corrected chi connectivity index (χ1v) is 9.15. The van der Waals surface area contributed by atoms with Gasteiger partial charge in [0.2, 0.25) is 0 Å². The first-order valence-electron chi connectivity index (χ1n) is 9.15. The second-order valence-corrected chi connectivity index (χ2v) is 6.94. The van der Waals surface area contributed by atoms with Gasteiger partial charge in [0.25, 0.3) is 0 Å². The summed E-state index contributed by atoms with van der Waals surface area (Å²) < 4.78 is 0. The van der Waals surface area contributed by atoms with E-state index >= 15 is 0 Å². The van der Waals surface area contributed by atoms with Gasteiger partial charge in [-0.25, -0.2) is 24.9 Å². The third-order valence-corrected chi connectivity index (χ3v) is 4.88. The van der Waals surface area contributed by atoms with Gasteiger partial charge in [-0.05, 0) is 32.4 Å². The number of fused-ring (bicyclic) bond motifs is 1. The molecule has 1 atom stereocenters. The molecule has 138 valence electrons. The summed E-state index contributed by atoms with van der Waals surface area (Å²) in [6.07, 6.45) is 8.14. The Labute approximate surface area is 159 Å². The van der Waals surface area contributed by atoms with Crippen molar-refractivity contribution < 1.29 is 0 Å². The molecule has 0 saturated heterocycles. The minimum absolute atomic E-state index is 0.0532. The average Bonchev–Trinajstić information content (AvgIpc) is 2.69. The predicted octanol–water partition coefficient (Wildman–Crippen LogP) is 3.01. The number of aromatic nitrogens is 5.